The van der Waals surface area contributed by atoms with Crippen LogP contribution in [0.2, 0.25) is 0 Å². The van der Waals surface area contributed by atoms with Crippen molar-refractivity contribution in [3.8, 4) is 0 Å². The van der Waals surface area contributed by atoms with Gasteiger partial charge in [-0.1, -0.05) is 36.4 Å². The van der Waals surface area contributed by atoms with Crippen LogP contribution >= 0.6 is 11.8 Å². The number of hydrogen-bond donors (Lipinski definition) is 2. The van der Waals surface area contributed by atoms with Crippen LogP contribution in [0.15, 0.2) is 67.3 Å². The van der Waals surface area contributed by atoms with Gasteiger partial charge < -0.3 is 24.9 Å². The number of aliphatic carboxylic acids is 1. The monoisotopic (exact) mass is 591 g/mol. The normalized spacial score (nSPS) is 28.4. The number of benzene rings is 2. The van der Waals surface area contributed by atoms with Crippen molar-refractivity contribution in [2.75, 3.05) is 36.0 Å². The van der Waals surface area contributed by atoms with E-state index >= 15 is 0 Å². The zero-order valence-corrected chi connectivity index (χ0v) is 25.4. The van der Waals surface area contributed by atoms with Crippen LogP contribution in [0.25, 0.3) is 0 Å². The molecular weight excluding hydrogens is 550 g/mol. The van der Waals surface area contributed by atoms with Crippen LogP contribution in [0.3, 0.4) is 0 Å². The molecule has 1 spiro atoms. The van der Waals surface area contributed by atoms with Gasteiger partial charge >= 0.3 is 5.97 Å². The number of thioether (sulfide) groups is 1. The second-order valence-corrected chi connectivity index (χ2v) is 13.7. The second-order valence-electron chi connectivity index (χ2n) is 11.8. The zero-order valence-electron chi connectivity index (χ0n) is 24.6. The van der Waals surface area contributed by atoms with E-state index in [1.165, 1.54) is 11.8 Å². The Balaban J connectivity index is 1.59. The Morgan fingerprint density at radius 2 is 1.74 bits per heavy atom. The van der Waals surface area contributed by atoms with Gasteiger partial charge in [0.15, 0.2) is 0 Å². The summed E-state index contributed by atoms with van der Waals surface area (Å²) < 4.78 is -1.53. The van der Waals surface area contributed by atoms with Gasteiger partial charge in [-0.2, -0.15) is 0 Å². The van der Waals surface area contributed by atoms with Gasteiger partial charge in [-0.3, -0.25) is 14.4 Å². The third-order valence-electron chi connectivity index (χ3n) is 9.50. The fourth-order valence-electron chi connectivity index (χ4n) is 7.58. The summed E-state index contributed by atoms with van der Waals surface area (Å²) in [5.74, 6) is -3.36. The Labute approximate surface area is 252 Å². The maximum atomic E-state index is 14.8. The predicted octanol–water partition coefficient (Wildman–Crippen LogP) is 4.22. The lowest BCUT2D eigenvalue weighted by atomic mass is 9.66. The van der Waals surface area contributed by atoms with Crippen LogP contribution in [0, 0.1) is 11.8 Å². The third-order valence-corrected chi connectivity index (χ3v) is 11.5. The summed E-state index contributed by atoms with van der Waals surface area (Å²) >= 11 is 1.50. The average Bonchev–Trinajstić information content (AvgIpc) is 3.56. The van der Waals surface area contributed by atoms with E-state index in [1.807, 2.05) is 61.5 Å². The first-order valence-electron chi connectivity index (χ1n) is 14.8. The molecule has 8 nitrogen and oxygen atoms in total. The van der Waals surface area contributed by atoms with Gasteiger partial charge in [-0.05, 0) is 69.9 Å². The molecule has 2 aromatic carbocycles. The van der Waals surface area contributed by atoms with E-state index in [1.54, 1.807) is 15.9 Å². The Morgan fingerprint density at radius 3 is 2.31 bits per heavy atom. The van der Waals surface area contributed by atoms with Crippen LogP contribution in [0.4, 0.5) is 11.4 Å². The summed E-state index contributed by atoms with van der Waals surface area (Å²) in [6.45, 7) is 11.6. The summed E-state index contributed by atoms with van der Waals surface area (Å²) in [6, 6.07) is 15.8. The van der Waals surface area contributed by atoms with Gasteiger partial charge in [0.1, 0.15) is 6.04 Å². The molecule has 2 amide bonds. The smallest absolute Gasteiger partial charge is 0.308 e. The standard InChI is InChI=1S/C33H41N3O5S/c1-5-19-35(24-15-13-23(14-16-24)34(6-2)7-3)30(39)28-33-18-17-32(4,42-33)27(31(40)41)26(33)29(38)36(28)25(21-37)20-22-11-9-8-10-12-22/h5,8-16,25-28,37H,1,6-7,17-21H2,2-4H3,(H,40,41)/t25-,26+,27+,28?,32-,33?/m1/s1. The SMILES string of the molecule is C=CCN(C(=O)C1N([C@@H](CO)Cc2ccccc2)C(=O)[C@@H]2[C@@H](C(=O)O)[C@@]3(C)CCC12S3)c1ccc(N(CC)CC)cc1. The van der Waals surface area contributed by atoms with E-state index in [0.717, 1.165) is 24.3 Å². The summed E-state index contributed by atoms with van der Waals surface area (Å²) in [7, 11) is 0. The van der Waals surface area contributed by atoms with Gasteiger partial charge in [0.05, 0.1) is 29.2 Å². The molecule has 9 heteroatoms. The lowest BCUT2D eigenvalue weighted by Crippen LogP contribution is -2.58. The molecule has 0 radical (unpaired) electrons. The van der Waals surface area contributed by atoms with Crippen molar-refractivity contribution in [2.24, 2.45) is 11.8 Å². The minimum absolute atomic E-state index is 0.232. The molecule has 0 saturated carbocycles. The minimum atomic E-state index is -1.00. The van der Waals surface area contributed by atoms with E-state index in [0.29, 0.717) is 24.9 Å². The van der Waals surface area contributed by atoms with E-state index in [4.69, 9.17) is 0 Å². The number of anilines is 2. The molecule has 2 aromatic rings. The van der Waals surface area contributed by atoms with Crippen molar-refractivity contribution in [2.45, 2.75) is 61.6 Å². The van der Waals surface area contributed by atoms with Gasteiger partial charge in [-0.15, -0.1) is 18.3 Å². The molecule has 3 aliphatic heterocycles. The Hall–Kier alpha value is -3.30. The van der Waals surface area contributed by atoms with Crippen LogP contribution in [-0.2, 0) is 20.8 Å². The minimum Gasteiger partial charge on any atom is -0.481 e. The number of fused-ring (bicyclic) bond motifs is 1. The lowest BCUT2D eigenvalue weighted by molar-refractivity contribution is -0.150. The molecule has 3 heterocycles. The van der Waals surface area contributed by atoms with E-state index < -0.39 is 39.4 Å². The summed E-state index contributed by atoms with van der Waals surface area (Å²) in [4.78, 5) is 47.3. The maximum absolute atomic E-state index is 14.8. The Kier molecular flexibility index (Phi) is 8.45. The number of aliphatic hydroxyl groups excluding tert-OH is 1. The summed E-state index contributed by atoms with van der Waals surface area (Å²) in [6.07, 6.45) is 3.20. The number of aliphatic hydroxyl groups is 1. The number of carboxylic acid groups (broad SMARTS) is 1. The molecule has 2 bridgehead atoms. The Morgan fingerprint density at radius 1 is 1.10 bits per heavy atom. The van der Waals surface area contributed by atoms with Crippen molar-refractivity contribution in [3.05, 3.63) is 72.8 Å². The topological polar surface area (TPSA) is 101 Å². The van der Waals surface area contributed by atoms with E-state index in [-0.39, 0.29) is 25.0 Å². The highest BCUT2D eigenvalue weighted by atomic mass is 32.2. The molecule has 3 aliphatic rings. The van der Waals surface area contributed by atoms with E-state index in [2.05, 4.69) is 25.3 Å². The molecule has 3 saturated heterocycles. The molecule has 224 valence electrons. The van der Waals surface area contributed by atoms with Crippen LogP contribution < -0.4 is 9.80 Å². The van der Waals surface area contributed by atoms with Crippen LogP contribution in [0.1, 0.15) is 39.2 Å². The Bertz CT molecular complexity index is 1330. The fourth-order valence-corrected chi connectivity index (χ4v) is 9.91. The molecule has 2 N–H and O–H groups in total. The first-order chi connectivity index (χ1) is 20.2. The third kappa shape index (κ3) is 4.80. The predicted molar refractivity (Wildman–Crippen MR) is 167 cm³/mol. The fraction of sp³-hybridized carbons (Fsp3) is 0.485. The first-order valence-corrected chi connectivity index (χ1v) is 15.6. The van der Waals surface area contributed by atoms with Crippen molar-refractivity contribution in [1.29, 1.82) is 0 Å². The number of hydrogen-bond acceptors (Lipinski definition) is 6. The van der Waals surface area contributed by atoms with Gasteiger partial charge in [0.2, 0.25) is 5.91 Å². The van der Waals surface area contributed by atoms with Crippen LogP contribution in [-0.4, -0.2) is 80.7 Å². The molecule has 3 fully saturated rings. The van der Waals surface area contributed by atoms with Crippen LogP contribution in [0.5, 0.6) is 0 Å². The number of carboxylic acids is 1. The maximum Gasteiger partial charge on any atom is 0.308 e. The molecule has 0 aromatic heterocycles. The molecule has 0 aliphatic carbocycles. The number of amides is 2. The van der Waals surface area contributed by atoms with Gasteiger partial charge in [-0.25, -0.2) is 0 Å². The molecular formula is C33H41N3O5S. The highest BCUT2D eigenvalue weighted by Gasteiger charge is 2.78. The second kappa shape index (κ2) is 11.8. The van der Waals surface area contributed by atoms with Crippen molar-refractivity contribution >= 4 is 40.9 Å². The zero-order chi connectivity index (χ0) is 30.2. The average molecular weight is 592 g/mol. The molecule has 5 rings (SSSR count). The molecule has 6 atom stereocenters. The number of carbonyl (C=O) groups is 3. The number of nitrogens with zero attached hydrogens (tertiary/aromatic N) is 3. The number of carbonyl (C=O) groups excluding carboxylic acids is 2. The van der Waals surface area contributed by atoms with Crippen molar-refractivity contribution in [3.63, 3.8) is 0 Å². The van der Waals surface area contributed by atoms with Crippen molar-refractivity contribution < 1.29 is 24.6 Å². The largest absolute Gasteiger partial charge is 0.481 e. The summed E-state index contributed by atoms with van der Waals surface area (Å²) in [5.41, 5.74) is 2.67. The van der Waals surface area contributed by atoms with Gasteiger partial charge in [0.25, 0.3) is 5.91 Å². The van der Waals surface area contributed by atoms with E-state index in [9.17, 15) is 24.6 Å². The quantitative estimate of drug-likeness (QED) is 0.357. The highest BCUT2D eigenvalue weighted by Crippen LogP contribution is 2.71. The first kappa shape index (κ1) is 30.2. The summed E-state index contributed by atoms with van der Waals surface area (Å²) in [5, 5.41) is 21.0. The highest BCUT2D eigenvalue weighted by molar-refractivity contribution is 8.02. The molecule has 2 unspecified atom stereocenters. The molecule has 42 heavy (non-hydrogen) atoms. The number of rotatable bonds is 12. The van der Waals surface area contributed by atoms with Gasteiger partial charge in [0, 0.05) is 35.8 Å². The lowest BCUT2D eigenvalue weighted by Gasteiger charge is -2.39. The van der Waals surface area contributed by atoms with Crippen molar-refractivity contribution in [1.82, 2.24) is 4.90 Å². The number of likely N-dealkylation sites (tertiary alicyclic amines) is 1.